The molecule has 4 saturated carbocycles. The first-order chi connectivity index (χ1) is 10.1. The van der Waals surface area contributed by atoms with E-state index in [9.17, 15) is 22.0 Å². The van der Waals surface area contributed by atoms with Gasteiger partial charge >= 0.3 is 21.5 Å². The van der Waals surface area contributed by atoms with Crippen molar-refractivity contribution in [2.24, 2.45) is 17.8 Å². The molecule has 0 aromatic heterocycles. The van der Waals surface area contributed by atoms with Gasteiger partial charge in [0.25, 0.3) is 0 Å². The lowest BCUT2D eigenvalue weighted by Gasteiger charge is -2.55. The van der Waals surface area contributed by atoms with E-state index in [2.05, 4.69) is 4.74 Å². The van der Waals surface area contributed by atoms with Crippen LogP contribution in [0.3, 0.4) is 0 Å². The lowest BCUT2D eigenvalue weighted by Crippen LogP contribution is -2.53. The monoisotopic (exact) mass is 340 g/mol. The molecule has 0 amide bonds. The molecule has 0 aromatic carbocycles. The fourth-order valence-electron chi connectivity index (χ4n) is 4.58. The number of carbonyl (C=O) groups excluding carboxylic acids is 1. The van der Waals surface area contributed by atoms with Crippen LogP contribution in [0, 0.1) is 17.8 Å². The quantitative estimate of drug-likeness (QED) is 0.625. The normalized spacial score (nSPS) is 37.1. The molecule has 0 unspecified atom stereocenters. The van der Waals surface area contributed by atoms with Gasteiger partial charge in [-0.1, -0.05) is 0 Å². The molecule has 4 fully saturated rings. The van der Waals surface area contributed by atoms with Crippen molar-refractivity contribution in [3.63, 3.8) is 0 Å². The van der Waals surface area contributed by atoms with Crippen LogP contribution in [0.15, 0.2) is 0 Å². The highest BCUT2D eigenvalue weighted by Crippen LogP contribution is 2.57. The molecule has 0 heterocycles. The highest BCUT2D eigenvalue weighted by atomic mass is 32.2. The summed E-state index contributed by atoms with van der Waals surface area (Å²) >= 11 is 0. The van der Waals surface area contributed by atoms with Gasteiger partial charge in [-0.3, -0.25) is 4.55 Å². The lowest BCUT2D eigenvalue weighted by molar-refractivity contribution is -0.146. The van der Waals surface area contributed by atoms with Crippen molar-refractivity contribution in [2.75, 3.05) is 6.61 Å². The second-order valence-electron chi connectivity index (χ2n) is 6.85. The predicted octanol–water partition coefficient (Wildman–Crippen LogP) is 2.59. The number of alkyl halides is 2. The van der Waals surface area contributed by atoms with E-state index in [-0.39, 0.29) is 0 Å². The van der Waals surface area contributed by atoms with Crippen LogP contribution in [0.4, 0.5) is 13.6 Å². The fourth-order valence-corrected chi connectivity index (χ4v) is 4.79. The molecule has 4 rings (SSSR count). The Morgan fingerprint density at radius 2 is 1.59 bits per heavy atom. The highest BCUT2D eigenvalue weighted by Gasteiger charge is 2.54. The van der Waals surface area contributed by atoms with Crippen molar-refractivity contribution in [3.8, 4) is 0 Å². The molecule has 0 aliphatic heterocycles. The molecule has 4 aliphatic carbocycles. The molecule has 9 heteroatoms. The van der Waals surface area contributed by atoms with Gasteiger partial charge in [0.1, 0.15) is 5.60 Å². The van der Waals surface area contributed by atoms with Crippen molar-refractivity contribution >= 4 is 16.3 Å². The molecule has 0 radical (unpaired) electrons. The van der Waals surface area contributed by atoms with Gasteiger partial charge in [-0.05, 0) is 56.3 Å². The summed E-state index contributed by atoms with van der Waals surface area (Å²) in [6.45, 7) is -1.75. The average Bonchev–Trinajstić information content (AvgIpc) is 2.32. The largest absolute Gasteiger partial charge is 0.509 e. The van der Waals surface area contributed by atoms with Crippen LogP contribution in [0.25, 0.3) is 0 Å². The second-order valence-corrected chi connectivity index (χ2v) is 8.40. The zero-order valence-electron chi connectivity index (χ0n) is 11.8. The van der Waals surface area contributed by atoms with Crippen molar-refractivity contribution in [3.05, 3.63) is 0 Å². The smallest absolute Gasteiger partial charge is 0.428 e. The molecule has 126 valence electrons. The van der Waals surface area contributed by atoms with E-state index < -0.39 is 33.7 Å². The van der Waals surface area contributed by atoms with Gasteiger partial charge in [0.15, 0.2) is 6.61 Å². The molecule has 0 spiro atoms. The Labute approximate surface area is 126 Å². The van der Waals surface area contributed by atoms with Crippen LogP contribution < -0.4 is 0 Å². The zero-order valence-corrected chi connectivity index (χ0v) is 12.7. The molecule has 1 N–H and O–H groups in total. The highest BCUT2D eigenvalue weighted by molar-refractivity contribution is 7.86. The molecule has 0 aromatic rings. The molecule has 6 nitrogen and oxygen atoms in total. The Hall–Kier alpha value is -0.960. The lowest BCUT2D eigenvalue weighted by atomic mass is 9.54. The number of hydrogen-bond donors (Lipinski definition) is 1. The van der Waals surface area contributed by atoms with E-state index in [4.69, 9.17) is 9.29 Å². The molecule has 0 saturated heterocycles. The maximum absolute atomic E-state index is 13.0. The minimum absolute atomic E-state index is 0.498. The molecule has 22 heavy (non-hydrogen) atoms. The number of rotatable bonds is 4. The van der Waals surface area contributed by atoms with E-state index in [1.165, 1.54) is 0 Å². The molecular weight excluding hydrogens is 322 g/mol. The zero-order chi connectivity index (χ0) is 16.2. The SMILES string of the molecule is O=C(OCC(F)(F)S(=O)(=O)O)OC12CC3CC(CC(C3)C1)C2. The third-order valence-corrected chi connectivity index (χ3v) is 5.89. The summed E-state index contributed by atoms with van der Waals surface area (Å²) in [5, 5.41) is -4.53. The average molecular weight is 340 g/mol. The van der Waals surface area contributed by atoms with E-state index in [1.54, 1.807) is 0 Å². The Bertz CT molecular complexity index is 538. The van der Waals surface area contributed by atoms with Crippen molar-refractivity contribution in [1.82, 2.24) is 0 Å². The molecular formula is C13H18F2O6S. The van der Waals surface area contributed by atoms with Gasteiger partial charge in [-0.25, -0.2) is 4.79 Å². The summed E-state index contributed by atoms with van der Waals surface area (Å²) in [7, 11) is -5.62. The Morgan fingerprint density at radius 3 is 2.00 bits per heavy atom. The summed E-state index contributed by atoms with van der Waals surface area (Å²) in [5.74, 6) is 1.50. The number of hydrogen-bond acceptors (Lipinski definition) is 5. The van der Waals surface area contributed by atoms with Crippen molar-refractivity contribution in [2.45, 2.75) is 49.4 Å². The van der Waals surface area contributed by atoms with Crippen LogP contribution in [-0.2, 0) is 19.6 Å². The molecule has 4 bridgehead atoms. The van der Waals surface area contributed by atoms with Crippen LogP contribution >= 0.6 is 0 Å². The van der Waals surface area contributed by atoms with E-state index in [0.717, 1.165) is 19.3 Å². The number of carbonyl (C=O) groups is 1. The van der Waals surface area contributed by atoms with Gasteiger partial charge in [-0.15, -0.1) is 0 Å². The van der Waals surface area contributed by atoms with Gasteiger partial charge in [-0.2, -0.15) is 17.2 Å². The molecule has 0 atom stereocenters. The maximum atomic E-state index is 13.0. The van der Waals surface area contributed by atoms with Crippen molar-refractivity contribution < 1.29 is 36.0 Å². The minimum Gasteiger partial charge on any atom is -0.428 e. The summed E-state index contributed by atoms with van der Waals surface area (Å²) in [4.78, 5) is 11.6. The fraction of sp³-hybridized carbons (Fsp3) is 0.923. The van der Waals surface area contributed by atoms with E-state index >= 15 is 0 Å². The van der Waals surface area contributed by atoms with Gasteiger partial charge in [0.05, 0.1) is 0 Å². The number of ether oxygens (including phenoxy) is 2. The topological polar surface area (TPSA) is 89.9 Å². The van der Waals surface area contributed by atoms with Crippen LogP contribution in [-0.4, -0.2) is 36.6 Å². The van der Waals surface area contributed by atoms with Crippen LogP contribution in [0.1, 0.15) is 38.5 Å². The van der Waals surface area contributed by atoms with E-state index in [1.807, 2.05) is 0 Å². The van der Waals surface area contributed by atoms with E-state index in [0.29, 0.717) is 37.0 Å². The first-order valence-electron chi connectivity index (χ1n) is 7.29. The summed E-state index contributed by atoms with van der Waals surface area (Å²) in [6.07, 6.45) is 4.20. The van der Waals surface area contributed by atoms with Crippen molar-refractivity contribution in [1.29, 1.82) is 0 Å². The first-order valence-corrected chi connectivity index (χ1v) is 8.73. The van der Waals surface area contributed by atoms with Gasteiger partial charge in [0.2, 0.25) is 0 Å². The summed E-state index contributed by atoms with van der Waals surface area (Å²) < 4.78 is 64.8. The Kier molecular flexibility index (Phi) is 3.63. The summed E-state index contributed by atoms with van der Waals surface area (Å²) in [6, 6.07) is 0. The Balaban J connectivity index is 1.59. The standard InChI is InChI=1S/C13H18F2O6S/c14-13(15,22(17,18)19)7-20-11(16)21-12-4-8-1-9(5-12)3-10(2-8)6-12/h8-10H,1-7H2,(H,17,18,19). The predicted molar refractivity (Wildman–Crippen MR) is 69.8 cm³/mol. The van der Waals surface area contributed by atoms with Gasteiger partial charge in [0, 0.05) is 0 Å². The second kappa shape index (κ2) is 5.02. The van der Waals surface area contributed by atoms with Gasteiger partial charge < -0.3 is 9.47 Å². The summed E-state index contributed by atoms with van der Waals surface area (Å²) in [5.41, 5.74) is -0.654. The third-order valence-electron chi connectivity index (χ3n) is 5.02. The molecule has 4 aliphatic rings. The number of halogens is 2. The Morgan fingerprint density at radius 1 is 1.14 bits per heavy atom. The minimum atomic E-state index is -5.62. The van der Waals surface area contributed by atoms with Crippen LogP contribution in [0.5, 0.6) is 0 Å². The first kappa shape index (κ1) is 15.9. The maximum Gasteiger partial charge on any atom is 0.509 e. The third kappa shape index (κ3) is 2.92. The van der Waals surface area contributed by atoms with Crippen LogP contribution in [0.2, 0.25) is 0 Å².